The van der Waals surface area contributed by atoms with Gasteiger partial charge < -0.3 is 5.11 Å². The summed E-state index contributed by atoms with van der Waals surface area (Å²) in [6, 6.07) is 0. The molecule has 1 heterocycles. The zero-order chi connectivity index (χ0) is 5.28. The molecular formula is C5H10NO. The molecule has 2 nitrogen and oxygen atoms in total. The predicted octanol–water partition coefficient (Wildman–Crippen LogP) is -0.399. The van der Waals surface area contributed by atoms with Crippen molar-refractivity contribution in [3.05, 3.63) is 0 Å². The summed E-state index contributed by atoms with van der Waals surface area (Å²) in [5.74, 6) is 0.403. The van der Waals surface area contributed by atoms with Crippen LogP contribution in [0.1, 0.15) is 6.92 Å². The second-order valence-electron chi connectivity index (χ2n) is 2.13. The molecule has 0 aromatic rings. The molecule has 0 aromatic carbocycles. The van der Waals surface area contributed by atoms with Gasteiger partial charge >= 0.3 is 0 Å². The summed E-state index contributed by atoms with van der Waals surface area (Å²) in [7, 11) is 0. The van der Waals surface area contributed by atoms with Crippen molar-refractivity contribution >= 4 is 0 Å². The van der Waals surface area contributed by atoms with Gasteiger partial charge in [-0.2, -0.15) is 0 Å². The van der Waals surface area contributed by atoms with Gasteiger partial charge in [0.25, 0.3) is 0 Å². The summed E-state index contributed by atoms with van der Waals surface area (Å²) in [6.45, 7) is 3.52. The molecule has 0 amide bonds. The first kappa shape index (κ1) is 5.06. The van der Waals surface area contributed by atoms with E-state index in [2.05, 4.69) is 5.32 Å². The molecule has 0 spiro atoms. The molecule has 1 aliphatic heterocycles. The Bertz CT molecular complexity index is 57.1. The third kappa shape index (κ3) is 0.924. The van der Waals surface area contributed by atoms with Crippen LogP contribution in [0.3, 0.4) is 0 Å². The van der Waals surface area contributed by atoms with Crippen LogP contribution in [-0.4, -0.2) is 24.3 Å². The van der Waals surface area contributed by atoms with Crippen molar-refractivity contribution in [1.82, 2.24) is 5.32 Å². The molecule has 1 saturated heterocycles. The van der Waals surface area contributed by atoms with Crippen molar-refractivity contribution in [2.45, 2.75) is 13.0 Å². The van der Waals surface area contributed by atoms with Crippen LogP contribution >= 0.6 is 0 Å². The highest BCUT2D eigenvalue weighted by molar-refractivity contribution is 4.75. The first-order chi connectivity index (χ1) is 3.30. The van der Waals surface area contributed by atoms with Crippen molar-refractivity contribution < 1.29 is 5.11 Å². The van der Waals surface area contributed by atoms with Gasteiger partial charge in [0, 0.05) is 13.1 Å². The Morgan fingerprint density at radius 2 is 2.29 bits per heavy atom. The SMILES string of the molecule is C[C@H]1C[N]C[C@H]1O. The van der Waals surface area contributed by atoms with Gasteiger partial charge in [-0.15, -0.1) is 0 Å². The Labute approximate surface area is 43.5 Å². The van der Waals surface area contributed by atoms with Crippen molar-refractivity contribution in [3.8, 4) is 0 Å². The fourth-order valence-corrected chi connectivity index (χ4v) is 0.712. The van der Waals surface area contributed by atoms with E-state index in [0.29, 0.717) is 12.5 Å². The highest BCUT2D eigenvalue weighted by Crippen LogP contribution is 2.06. The lowest BCUT2D eigenvalue weighted by Crippen LogP contribution is -2.13. The third-order valence-corrected chi connectivity index (χ3v) is 1.39. The normalized spacial score (nSPS) is 42.0. The van der Waals surface area contributed by atoms with Gasteiger partial charge in [-0.3, -0.25) is 0 Å². The highest BCUT2D eigenvalue weighted by atomic mass is 16.3. The zero-order valence-corrected chi connectivity index (χ0v) is 4.46. The second kappa shape index (κ2) is 1.80. The minimum absolute atomic E-state index is 0.153. The first-order valence-electron chi connectivity index (χ1n) is 2.62. The van der Waals surface area contributed by atoms with Gasteiger partial charge in [-0.25, -0.2) is 5.32 Å². The number of hydrogen-bond acceptors (Lipinski definition) is 1. The number of aliphatic hydroxyl groups excluding tert-OH is 1. The molecule has 0 aliphatic carbocycles. The Balaban J connectivity index is 2.33. The largest absolute Gasteiger partial charge is 0.391 e. The molecular weight excluding hydrogens is 90.1 g/mol. The van der Waals surface area contributed by atoms with E-state index in [-0.39, 0.29) is 6.10 Å². The summed E-state index contributed by atoms with van der Waals surface area (Å²) < 4.78 is 0. The Morgan fingerprint density at radius 3 is 2.43 bits per heavy atom. The third-order valence-electron chi connectivity index (χ3n) is 1.39. The molecule has 1 rings (SSSR count). The van der Waals surface area contributed by atoms with E-state index < -0.39 is 0 Å². The Hall–Kier alpha value is -0.0800. The molecule has 1 aliphatic rings. The molecule has 1 radical (unpaired) electrons. The van der Waals surface area contributed by atoms with Crippen LogP contribution in [0.2, 0.25) is 0 Å². The average molecular weight is 100 g/mol. The Kier molecular flexibility index (Phi) is 1.30. The lowest BCUT2D eigenvalue weighted by atomic mass is 10.1. The van der Waals surface area contributed by atoms with E-state index >= 15 is 0 Å². The topological polar surface area (TPSA) is 34.3 Å². The molecule has 2 heteroatoms. The van der Waals surface area contributed by atoms with E-state index in [1.165, 1.54) is 0 Å². The van der Waals surface area contributed by atoms with Gasteiger partial charge in [0.15, 0.2) is 0 Å². The summed E-state index contributed by atoms with van der Waals surface area (Å²) in [5.41, 5.74) is 0. The van der Waals surface area contributed by atoms with Crippen molar-refractivity contribution in [2.75, 3.05) is 13.1 Å². The van der Waals surface area contributed by atoms with Gasteiger partial charge in [-0.05, 0) is 5.92 Å². The van der Waals surface area contributed by atoms with Crippen molar-refractivity contribution in [3.63, 3.8) is 0 Å². The summed E-state index contributed by atoms with van der Waals surface area (Å²) in [4.78, 5) is 0. The molecule has 0 saturated carbocycles. The Morgan fingerprint density at radius 1 is 1.57 bits per heavy atom. The van der Waals surface area contributed by atoms with Gasteiger partial charge in [0.1, 0.15) is 0 Å². The van der Waals surface area contributed by atoms with E-state index in [1.807, 2.05) is 6.92 Å². The van der Waals surface area contributed by atoms with E-state index in [9.17, 15) is 0 Å². The maximum atomic E-state index is 8.90. The monoisotopic (exact) mass is 100 g/mol. The summed E-state index contributed by atoms with van der Waals surface area (Å²) in [5, 5.41) is 12.9. The number of rotatable bonds is 0. The fourth-order valence-electron chi connectivity index (χ4n) is 0.712. The number of aliphatic hydroxyl groups is 1. The lowest BCUT2D eigenvalue weighted by Gasteiger charge is -2.02. The maximum absolute atomic E-state index is 8.90. The highest BCUT2D eigenvalue weighted by Gasteiger charge is 2.20. The van der Waals surface area contributed by atoms with Crippen molar-refractivity contribution in [1.29, 1.82) is 0 Å². The molecule has 2 atom stereocenters. The van der Waals surface area contributed by atoms with Gasteiger partial charge in [0.2, 0.25) is 0 Å². The minimum Gasteiger partial charge on any atom is -0.391 e. The smallest absolute Gasteiger partial charge is 0.0719 e. The second-order valence-corrected chi connectivity index (χ2v) is 2.13. The first-order valence-corrected chi connectivity index (χ1v) is 2.62. The predicted molar refractivity (Wildman–Crippen MR) is 27.0 cm³/mol. The average Bonchev–Trinajstić information content (AvgIpc) is 1.91. The molecule has 1 N–H and O–H groups in total. The summed E-state index contributed by atoms with van der Waals surface area (Å²) >= 11 is 0. The quantitative estimate of drug-likeness (QED) is 0.441. The lowest BCUT2D eigenvalue weighted by molar-refractivity contribution is 0.156. The molecule has 0 unspecified atom stereocenters. The molecule has 1 fully saturated rings. The standard InChI is InChI=1S/C5H10NO/c1-4-2-6-3-5(4)7/h4-5,7H,2-3H2,1H3/t4-,5+/m0/s1. The summed E-state index contributed by atoms with van der Waals surface area (Å²) in [6.07, 6.45) is -0.153. The van der Waals surface area contributed by atoms with Crippen LogP contribution in [0.4, 0.5) is 0 Å². The molecule has 0 bridgehead atoms. The number of nitrogens with zero attached hydrogens (tertiary/aromatic N) is 1. The minimum atomic E-state index is -0.153. The van der Waals surface area contributed by atoms with Crippen LogP contribution in [0.15, 0.2) is 0 Å². The molecule has 7 heavy (non-hydrogen) atoms. The van der Waals surface area contributed by atoms with Crippen LogP contribution in [-0.2, 0) is 0 Å². The van der Waals surface area contributed by atoms with E-state index in [0.717, 1.165) is 6.54 Å². The van der Waals surface area contributed by atoms with Crippen LogP contribution < -0.4 is 5.32 Å². The number of hydrogen-bond donors (Lipinski definition) is 1. The van der Waals surface area contributed by atoms with Gasteiger partial charge in [0.05, 0.1) is 6.10 Å². The molecule has 0 aromatic heterocycles. The van der Waals surface area contributed by atoms with Crippen LogP contribution in [0.5, 0.6) is 0 Å². The van der Waals surface area contributed by atoms with E-state index in [1.54, 1.807) is 0 Å². The maximum Gasteiger partial charge on any atom is 0.0719 e. The van der Waals surface area contributed by atoms with Crippen LogP contribution in [0.25, 0.3) is 0 Å². The van der Waals surface area contributed by atoms with Crippen molar-refractivity contribution in [2.24, 2.45) is 5.92 Å². The van der Waals surface area contributed by atoms with E-state index in [4.69, 9.17) is 5.11 Å². The van der Waals surface area contributed by atoms with Crippen LogP contribution in [0, 0.1) is 5.92 Å². The zero-order valence-electron chi connectivity index (χ0n) is 4.46. The van der Waals surface area contributed by atoms with Gasteiger partial charge in [-0.1, -0.05) is 6.92 Å². The fraction of sp³-hybridized carbons (Fsp3) is 1.00. The molecule has 41 valence electrons.